The van der Waals surface area contributed by atoms with Crippen molar-refractivity contribution in [2.24, 2.45) is 16.7 Å². The number of nitrogens with one attached hydrogen (secondary N) is 1. The highest BCUT2D eigenvalue weighted by atomic mass is 16.6. The lowest BCUT2D eigenvalue weighted by atomic mass is 9.44. The van der Waals surface area contributed by atoms with Gasteiger partial charge in [0.1, 0.15) is 23.9 Å². The van der Waals surface area contributed by atoms with Crippen molar-refractivity contribution in [1.82, 2.24) is 5.32 Å². The first-order valence-electron chi connectivity index (χ1n) is 22.3. The second kappa shape index (κ2) is 17.9. The molecule has 2 unspecified atom stereocenters. The number of aliphatic hydroxyl groups excluding tert-OH is 2. The Morgan fingerprint density at radius 3 is 2.12 bits per heavy atom. The number of fused-ring (bicyclic) bond motifs is 8. The molecule has 16 heteroatoms. The van der Waals surface area contributed by atoms with E-state index < -0.39 is 112 Å². The maximum Gasteiger partial charge on any atom is 0.338 e. The highest BCUT2D eigenvalue weighted by molar-refractivity contribution is 5.97. The minimum atomic E-state index is -2.68. The monoisotopic (exact) mass is 921 g/mol. The zero-order chi connectivity index (χ0) is 48.2. The molecule has 67 heavy (non-hydrogen) atoms. The predicted octanol–water partition coefficient (Wildman–Crippen LogP) is 3.84. The number of carbonyl (C=O) groups excluding carboxylic acids is 6. The average Bonchev–Trinajstić information content (AvgIpc) is 3.29. The van der Waals surface area contributed by atoms with Gasteiger partial charge in [0.05, 0.1) is 42.3 Å². The van der Waals surface area contributed by atoms with Crippen LogP contribution in [-0.2, 0) is 54.0 Å². The Hall–Kier alpha value is -6.04. The fraction of sp³-hybridized carbons (Fsp3) is 0.451. The zero-order valence-corrected chi connectivity index (χ0v) is 38.0. The van der Waals surface area contributed by atoms with Crippen LogP contribution in [0.3, 0.4) is 0 Å². The van der Waals surface area contributed by atoms with Crippen LogP contribution in [0.15, 0.2) is 108 Å². The molecule has 2 bridgehead atoms. The number of ketones is 1. The number of Topliss-reactive ketones (excluding diaryl/α,β-unsaturated/α-hetero) is 1. The quantitative estimate of drug-likeness (QED) is 0.162. The maximum absolute atomic E-state index is 15.8. The third-order valence-electron chi connectivity index (χ3n) is 14.6. The Kier molecular flexibility index (Phi) is 12.7. The fourth-order valence-electron chi connectivity index (χ4n) is 11.3. The maximum atomic E-state index is 15.8. The lowest BCUT2D eigenvalue weighted by molar-refractivity contribution is -0.353. The summed E-state index contributed by atoms with van der Waals surface area (Å²) in [7, 11) is 0. The molecule has 3 aliphatic carbocycles. The first-order valence-corrected chi connectivity index (χ1v) is 22.3. The van der Waals surface area contributed by atoms with Crippen LogP contribution in [0.4, 0.5) is 0 Å². The number of hydrogen-bond acceptors (Lipinski definition) is 15. The molecule has 2 aliphatic heterocycles. The molecular weight excluding hydrogens is 867 g/mol. The molecule has 2 heterocycles. The number of esters is 4. The van der Waals surface area contributed by atoms with Gasteiger partial charge in [-0.05, 0) is 60.7 Å². The summed E-state index contributed by atoms with van der Waals surface area (Å²) in [6.45, 7) is 7.53. The summed E-state index contributed by atoms with van der Waals surface area (Å²) in [4.78, 5) is 85.6. The van der Waals surface area contributed by atoms with Crippen molar-refractivity contribution in [3.05, 3.63) is 130 Å². The highest BCUT2D eigenvalue weighted by Crippen LogP contribution is 2.65. The van der Waals surface area contributed by atoms with Gasteiger partial charge in [0.25, 0.3) is 5.91 Å². The van der Waals surface area contributed by atoms with Crippen LogP contribution in [-0.4, -0.2) is 118 Å². The molecule has 5 aliphatic rings. The van der Waals surface area contributed by atoms with Crippen molar-refractivity contribution in [3.8, 4) is 0 Å². The molecule has 0 spiro atoms. The fourth-order valence-corrected chi connectivity index (χ4v) is 11.3. The summed E-state index contributed by atoms with van der Waals surface area (Å²) < 4.78 is 37.6. The zero-order valence-electron chi connectivity index (χ0n) is 38.0. The largest absolute Gasteiger partial charge is 0.455 e. The molecule has 3 fully saturated rings. The molecule has 1 saturated heterocycles. The SMILES string of the molecule is CC(=O)OC1C(=O)[C@@]2(C)[C@H]([C@H](OC(=O)c3ccccc3)[C@]3(O)[C@H]4OC/C=C/Cc5ccccc5C(=O)NC(c5ccccc5)[C@H](O)C(=O)O[C@@H]4C(C)=C1C3(C)C)[C@]1(OC(C)=O)CO[C@@H]1C[C@@H]2O. The van der Waals surface area contributed by atoms with Gasteiger partial charge in [-0.2, -0.15) is 0 Å². The van der Waals surface area contributed by atoms with Gasteiger partial charge in [-0.15, -0.1) is 0 Å². The molecule has 4 N–H and O–H groups in total. The third-order valence-corrected chi connectivity index (χ3v) is 14.6. The number of allylic oxidation sites excluding steroid dienone is 1. The van der Waals surface area contributed by atoms with Gasteiger partial charge in [0, 0.05) is 31.2 Å². The minimum Gasteiger partial charge on any atom is -0.455 e. The van der Waals surface area contributed by atoms with Crippen LogP contribution < -0.4 is 5.32 Å². The average molecular weight is 922 g/mol. The molecule has 354 valence electrons. The number of ether oxygens (including phenoxy) is 6. The van der Waals surface area contributed by atoms with Crippen molar-refractivity contribution in [1.29, 1.82) is 0 Å². The van der Waals surface area contributed by atoms with E-state index in [1.54, 1.807) is 84.9 Å². The lowest BCUT2D eigenvalue weighted by Crippen LogP contribution is -2.83. The summed E-state index contributed by atoms with van der Waals surface area (Å²) >= 11 is 0. The van der Waals surface area contributed by atoms with E-state index in [2.05, 4.69) is 5.32 Å². The first-order chi connectivity index (χ1) is 31.8. The van der Waals surface area contributed by atoms with Crippen molar-refractivity contribution >= 4 is 35.6 Å². The third kappa shape index (κ3) is 7.77. The van der Waals surface area contributed by atoms with E-state index in [4.69, 9.17) is 28.4 Å². The number of hydrogen-bond donors (Lipinski definition) is 4. The number of amides is 1. The molecule has 12 atom stereocenters. The Morgan fingerprint density at radius 1 is 0.821 bits per heavy atom. The lowest BCUT2D eigenvalue weighted by Gasteiger charge is -2.68. The van der Waals surface area contributed by atoms with Crippen molar-refractivity contribution < 1.29 is 72.5 Å². The Morgan fingerprint density at radius 2 is 1.48 bits per heavy atom. The van der Waals surface area contributed by atoms with Crippen LogP contribution in [0.2, 0.25) is 0 Å². The Balaban J connectivity index is 1.40. The summed E-state index contributed by atoms with van der Waals surface area (Å²) in [5.41, 5.74) is -7.27. The van der Waals surface area contributed by atoms with Crippen molar-refractivity contribution in [2.75, 3.05) is 13.2 Å². The van der Waals surface area contributed by atoms with Crippen molar-refractivity contribution in [2.45, 2.75) is 114 Å². The number of carbonyl (C=O) groups is 6. The molecule has 16 nitrogen and oxygen atoms in total. The van der Waals surface area contributed by atoms with E-state index in [9.17, 15) is 39.3 Å². The summed E-state index contributed by atoms with van der Waals surface area (Å²) in [6.07, 6.45) is -8.88. The normalized spacial score (nSPS) is 35.3. The molecule has 3 aromatic carbocycles. The molecule has 3 aromatic rings. The van der Waals surface area contributed by atoms with E-state index in [1.165, 1.54) is 39.8 Å². The van der Waals surface area contributed by atoms with E-state index in [-0.39, 0.29) is 48.3 Å². The summed E-state index contributed by atoms with van der Waals surface area (Å²) in [5, 5.41) is 41.5. The van der Waals surface area contributed by atoms with E-state index in [0.717, 1.165) is 13.8 Å². The second-order valence-electron chi connectivity index (χ2n) is 18.7. The summed E-state index contributed by atoms with van der Waals surface area (Å²) in [6, 6.07) is 21.5. The van der Waals surface area contributed by atoms with Crippen LogP contribution >= 0.6 is 0 Å². The Bertz CT molecular complexity index is 2520. The molecule has 1 amide bonds. The van der Waals surface area contributed by atoms with E-state index in [1.807, 2.05) is 0 Å². The van der Waals surface area contributed by atoms with Crippen LogP contribution in [0.5, 0.6) is 0 Å². The molecule has 2 saturated carbocycles. The van der Waals surface area contributed by atoms with Crippen LogP contribution in [0.1, 0.15) is 85.8 Å². The Labute approximate surface area is 387 Å². The molecule has 0 radical (unpaired) electrons. The van der Waals surface area contributed by atoms with Gasteiger partial charge in [-0.3, -0.25) is 19.2 Å². The number of benzene rings is 3. The predicted molar refractivity (Wildman–Crippen MR) is 236 cm³/mol. The molecular formula is C51H55NO15. The van der Waals surface area contributed by atoms with Gasteiger partial charge in [-0.25, -0.2) is 9.59 Å². The second-order valence-corrected chi connectivity index (χ2v) is 18.7. The van der Waals surface area contributed by atoms with Gasteiger partial charge in [0.2, 0.25) is 0 Å². The van der Waals surface area contributed by atoms with Gasteiger partial charge >= 0.3 is 23.9 Å². The summed E-state index contributed by atoms with van der Waals surface area (Å²) in [5.74, 6) is -7.15. The number of aliphatic hydroxyl groups is 3. The van der Waals surface area contributed by atoms with Gasteiger partial charge in [0.15, 0.2) is 29.7 Å². The number of rotatable bonds is 5. The standard InChI is InChI=1S/C51H55NO15/c1-27-36-40(64-28(2)53)42(57)49(6)34(55)25-35-50(26-63-35,67-29(3)54)41(49)44(66-46(59)32-21-11-8-12-22-32)51(61,48(36,4)5)43-39(27)65-47(60)38(56)37(31-19-9-7-10-20-31)52-45(58)33-23-14-13-17-30(33)18-15-16-24-62-43/h7-17,19-23,34-35,37-41,43-44,55-56,61H,18,24-26H2,1-6H3,(H,52,58)/b16-15+/t34-,35+,37?,38-,39+,40?,41-,43-,44-,49+,50-,51+/m0/s1. The van der Waals surface area contributed by atoms with E-state index in [0.29, 0.717) is 11.1 Å². The van der Waals surface area contributed by atoms with Gasteiger partial charge in [-0.1, -0.05) is 92.7 Å². The topological polar surface area (TPSA) is 231 Å². The molecule has 0 aromatic heterocycles. The van der Waals surface area contributed by atoms with Crippen molar-refractivity contribution in [3.63, 3.8) is 0 Å². The van der Waals surface area contributed by atoms with Gasteiger partial charge < -0.3 is 49.1 Å². The van der Waals surface area contributed by atoms with Crippen LogP contribution in [0, 0.1) is 16.7 Å². The highest BCUT2D eigenvalue weighted by Gasteiger charge is 2.80. The van der Waals surface area contributed by atoms with E-state index >= 15 is 4.79 Å². The minimum absolute atomic E-state index is 0.0325. The first kappa shape index (κ1) is 47.5. The smallest absolute Gasteiger partial charge is 0.338 e. The van der Waals surface area contributed by atoms with Crippen LogP contribution in [0.25, 0.3) is 0 Å². The molecule has 8 rings (SSSR count).